The summed E-state index contributed by atoms with van der Waals surface area (Å²) in [6.45, 7) is 10.4. The number of nitrogens with zero attached hydrogens (tertiary/aromatic N) is 2. The third-order valence-electron chi connectivity index (χ3n) is 3.36. The molecule has 2 aromatic rings. The van der Waals surface area contributed by atoms with Gasteiger partial charge in [0.15, 0.2) is 0 Å². The Labute approximate surface area is 115 Å². The lowest BCUT2D eigenvalue weighted by Crippen LogP contribution is -2.21. The van der Waals surface area contributed by atoms with E-state index in [0.29, 0.717) is 6.04 Å². The molecule has 0 amide bonds. The largest absolute Gasteiger partial charge is 0.333 e. The number of aromatic nitrogens is 2. The molecule has 0 unspecified atom stereocenters. The molecule has 0 saturated heterocycles. The van der Waals surface area contributed by atoms with Gasteiger partial charge in [-0.2, -0.15) is 0 Å². The van der Waals surface area contributed by atoms with Crippen LogP contribution in [-0.4, -0.2) is 15.6 Å². The second-order valence-electron chi connectivity index (χ2n) is 5.44. The summed E-state index contributed by atoms with van der Waals surface area (Å²) in [6.07, 6.45) is 4.05. The predicted molar refractivity (Wildman–Crippen MR) is 79.2 cm³/mol. The van der Waals surface area contributed by atoms with Crippen molar-refractivity contribution in [1.29, 1.82) is 0 Å². The van der Waals surface area contributed by atoms with Gasteiger partial charge in [-0.1, -0.05) is 32.0 Å². The van der Waals surface area contributed by atoms with Gasteiger partial charge in [0.1, 0.15) is 0 Å². The van der Waals surface area contributed by atoms with Crippen LogP contribution < -0.4 is 5.32 Å². The van der Waals surface area contributed by atoms with Gasteiger partial charge in [-0.05, 0) is 30.5 Å². The second kappa shape index (κ2) is 6.02. The Morgan fingerprint density at radius 1 is 1.21 bits per heavy atom. The fraction of sp³-hybridized carbons (Fsp3) is 0.438. The molecule has 0 fully saturated rings. The first-order valence-corrected chi connectivity index (χ1v) is 6.85. The Morgan fingerprint density at radius 3 is 2.53 bits per heavy atom. The standard InChI is InChI=1S/C16H23N3/c1-12(2)17-8-15-9-19(11-18-15)10-16-13(3)6-5-7-14(16)4/h5-7,9,11-12,17H,8,10H2,1-4H3. The molecule has 0 spiro atoms. The highest BCUT2D eigenvalue weighted by Gasteiger charge is 2.05. The molecule has 1 aromatic carbocycles. The zero-order chi connectivity index (χ0) is 13.8. The molecular formula is C16H23N3. The highest BCUT2D eigenvalue weighted by molar-refractivity contribution is 5.33. The van der Waals surface area contributed by atoms with Crippen molar-refractivity contribution in [2.24, 2.45) is 0 Å². The van der Waals surface area contributed by atoms with Crippen molar-refractivity contribution < 1.29 is 0 Å². The molecule has 19 heavy (non-hydrogen) atoms. The number of aryl methyl sites for hydroxylation is 2. The summed E-state index contributed by atoms with van der Waals surface area (Å²) in [5.41, 5.74) is 5.18. The van der Waals surface area contributed by atoms with Crippen LogP contribution in [0, 0.1) is 13.8 Å². The monoisotopic (exact) mass is 257 g/mol. The van der Waals surface area contributed by atoms with E-state index in [1.54, 1.807) is 0 Å². The first kappa shape index (κ1) is 13.8. The molecule has 0 bridgehead atoms. The van der Waals surface area contributed by atoms with Gasteiger partial charge in [0.25, 0.3) is 0 Å². The number of benzene rings is 1. The fourth-order valence-electron chi connectivity index (χ4n) is 2.17. The van der Waals surface area contributed by atoms with E-state index in [0.717, 1.165) is 18.8 Å². The van der Waals surface area contributed by atoms with Crippen LogP contribution in [0.1, 0.15) is 36.2 Å². The summed E-state index contributed by atoms with van der Waals surface area (Å²) in [7, 11) is 0. The highest BCUT2D eigenvalue weighted by atomic mass is 15.0. The lowest BCUT2D eigenvalue weighted by molar-refractivity contribution is 0.582. The van der Waals surface area contributed by atoms with E-state index in [4.69, 9.17) is 0 Å². The maximum absolute atomic E-state index is 4.44. The van der Waals surface area contributed by atoms with Crippen LogP contribution in [0.3, 0.4) is 0 Å². The topological polar surface area (TPSA) is 29.9 Å². The van der Waals surface area contributed by atoms with Gasteiger partial charge >= 0.3 is 0 Å². The van der Waals surface area contributed by atoms with Gasteiger partial charge < -0.3 is 9.88 Å². The summed E-state index contributed by atoms with van der Waals surface area (Å²) < 4.78 is 2.16. The summed E-state index contributed by atoms with van der Waals surface area (Å²) in [5.74, 6) is 0. The zero-order valence-corrected chi connectivity index (χ0v) is 12.3. The molecule has 102 valence electrons. The maximum atomic E-state index is 4.44. The minimum atomic E-state index is 0.490. The van der Waals surface area contributed by atoms with Gasteiger partial charge in [0, 0.05) is 25.3 Å². The summed E-state index contributed by atoms with van der Waals surface area (Å²) >= 11 is 0. The molecule has 0 aliphatic rings. The van der Waals surface area contributed by atoms with Gasteiger partial charge in [-0.3, -0.25) is 0 Å². The van der Waals surface area contributed by atoms with Crippen LogP contribution in [0.2, 0.25) is 0 Å². The lowest BCUT2D eigenvalue weighted by atomic mass is 10.0. The predicted octanol–water partition coefficient (Wildman–Crippen LogP) is 3.05. The average Bonchev–Trinajstić information content (AvgIpc) is 2.79. The molecule has 0 aliphatic heterocycles. The van der Waals surface area contributed by atoms with E-state index in [9.17, 15) is 0 Å². The molecule has 1 heterocycles. The quantitative estimate of drug-likeness (QED) is 0.892. The van der Waals surface area contributed by atoms with Crippen LogP contribution in [-0.2, 0) is 13.1 Å². The minimum Gasteiger partial charge on any atom is -0.333 e. The van der Waals surface area contributed by atoms with Crippen molar-refractivity contribution in [3.05, 3.63) is 53.1 Å². The third kappa shape index (κ3) is 3.67. The fourth-order valence-corrected chi connectivity index (χ4v) is 2.17. The van der Waals surface area contributed by atoms with E-state index in [-0.39, 0.29) is 0 Å². The van der Waals surface area contributed by atoms with E-state index < -0.39 is 0 Å². The smallest absolute Gasteiger partial charge is 0.0953 e. The first-order chi connectivity index (χ1) is 9.06. The number of rotatable bonds is 5. The number of hydrogen-bond donors (Lipinski definition) is 1. The third-order valence-corrected chi connectivity index (χ3v) is 3.36. The minimum absolute atomic E-state index is 0.490. The van der Waals surface area contributed by atoms with Crippen LogP contribution in [0.5, 0.6) is 0 Å². The Hall–Kier alpha value is -1.61. The zero-order valence-electron chi connectivity index (χ0n) is 12.3. The molecular weight excluding hydrogens is 234 g/mol. The highest BCUT2D eigenvalue weighted by Crippen LogP contribution is 2.15. The van der Waals surface area contributed by atoms with E-state index in [1.807, 2.05) is 6.33 Å². The van der Waals surface area contributed by atoms with Crippen molar-refractivity contribution in [3.8, 4) is 0 Å². The van der Waals surface area contributed by atoms with Gasteiger partial charge in [0.05, 0.1) is 12.0 Å². The van der Waals surface area contributed by atoms with Crippen LogP contribution >= 0.6 is 0 Å². The SMILES string of the molecule is Cc1cccc(C)c1Cn1cnc(CNC(C)C)c1. The Morgan fingerprint density at radius 2 is 1.89 bits per heavy atom. The van der Waals surface area contributed by atoms with Gasteiger partial charge in [-0.15, -0.1) is 0 Å². The Kier molecular flexibility index (Phi) is 4.38. The second-order valence-corrected chi connectivity index (χ2v) is 5.44. The van der Waals surface area contributed by atoms with Crippen molar-refractivity contribution in [2.75, 3.05) is 0 Å². The summed E-state index contributed by atoms with van der Waals surface area (Å²) in [5, 5.41) is 3.39. The number of hydrogen-bond acceptors (Lipinski definition) is 2. The Balaban J connectivity index is 2.07. The summed E-state index contributed by atoms with van der Waals surface area (Å²) in [6, 6.07) is 6.94. The van der Waals surface area contributed by atoms with Gasteiger partial charge in [-0.25, -0.2) is 4.98 Å². The van der Waals surface area contributed by atoms with Crippen molar-refractivity contribution in [1.82, 2.24) is 14.9 Å². The van der Waals surface area contributed by atoms with Crippen LogP contribution in [0.15, 0.2) is 30.7 Å². The molecule has 0 saturated carbocycles. The van der Waals surface area contributed by atoms with Crippen molar-refractivity contribution >= 4 is 0 Å². The normalized spacial score (nSPS) is 11.2. The first-order valence-electron chi connectivity index (χ1n) is 6.85. The molecule has 3 nitrogen and oxygen atoms in total. The molecule has 1 N–H and O–H groups in total. The van der Waals surface area contributed by atoms with Crippen LogP contribution in [0.4, 0.5) is 0 Å². The van der Waals surface area contributed by atoms with E-state index in [1.165, 1.54) is 16.7 Å². The maximum Gasteiger partial charge on any atom is 0.0953 e. The van der Waals surface area contributed by atoms with E-state index in [2.05, 4.69) is 67.0 Å². The van der Waals surface area contributed by atoms with Crippen LogP contribution in [0.25, 0.3) is 0 Å². The summed E-state index contributed by atoms with van der Waals surface area (Å²) in [4.78, 5) is 4.44. The van der Waals surface area contributed by atoms with Crippen molar-refractivity contribution in [3.63, 3.8) is 0 Å². The molecule has 2 rings (SSSR count). The molecule has 0 atom stereocenters. The number of imidazole rings is 1. The van der Waals surface area contributed by atoms with Gasteiger partial charge in [0.2, 0.25) is 0 Å². The number of nitrogens with one attached hydrogen (secondary N) is 1. The Bertz CT molecular complexity index is 520. The molecule has 3 heteroatoms. The molecule has 1 aromatic heterocycles. The van der Waals surface area contributed by atoms with E-state index >= 15 is 0 Å². The lowest BCUT2D eigenvalue weighted by Gasteiger charge is -2.10. The molecule has 0 aliphatic carbocycles. The van der Waals surface area contributed by atoms with Crippen molar-refractivity contribution in [2.45, 2.75) is 46.8 Å². The average molecular weight is 257 g/mol. The molecule has 0 radical (unpaired) electrons.